The number of methoxy groups -OCH3 is 2. The maximum atomic E-state index is 11.4. The van der Waals surface area contributed by atoms with E-state index in [1.807, 2.05) is 6.92 Å². The third-order valence-electron chi connectivity index (χ3n) is 2.49. The van der Waals surface area contributed by atoms with E-state index in [1.165, 1.54) is 14.2 Å². The molecule has 0 aromatic heterocycles. The number of hydrogen-bond acceptors (Lipinski definition) is 4. The summed E-state index contributed by atoms with van der Waals surface area (Å²) in [5.74, 6) is -1.84. The zero-order valence-corrected chi connectivity index (χ0v) is 9.91. The molecule has 0 saturated heterocycles. The molecule has 0 aromatic rings. The van der Waals surface area contributed by atoms with Gasteiger partial charge < -0.3 is 9.47 Å². The molecule has 0 rings (SSSR count). The molecule has 15 heavy (non-hydrogen) atoms. The van der Waals surface area contributed by atoms with Crippen LogP contribution >= 0.6 is 0 Å². The van der Waals surface area contributed by atoms with Crippen molar-refractivity contribution in [3.8, 4) is 0 Å². The minimum atomic E-state index is -0.786. The van der Waals surface area contributed by atoms with Crippen LogP contribution in [0.25, 0.3) is 0 Å². The predicted octanol–water partition coefficient (Wildman–Crippen LogP) is 1.77. The second-order valence-corrected chi connectivity index (χ2v) is 3.64. The molecule has 0 saturated carbocycles. The zero-order chi connectivity index (χ0) is 11.8. The Morgan fingerprint density at radius 1 is 1.13 bits per heavy atom. The van der Waals surface area contributed by atoms with Crippen LogP contribution in [0.5, 0.6) is 0 Å². The van der Waals surface area contributed by atoms with Crippen molar-refractivity contribution >= 4 is 11.9 Å². The van der Waals surface area contributed by atoms with E-state index < -0.39 is 17.9 Å². The Kier molecular flexibility index (Phi) is 6.75. The molecule has 88 valence electrons. The van der Waals surface area contributed by atoms with Crippen LogP contribution in [0, 0.1) is 11.8 Å². The van der Waals surface area contributed by atoms with E-state index in [1.54, 1.807) is 0 Å². The first kappa shape index (κ1) is 13.9. The van der Waals surface area contributed by atoms with E-state index in [4.69, 9.17) is 0 Å². The summed E-state index contributed by atoms with van der Waals surface area (Å²) in [6.45, 7) is 3.94. The van der Waals surface area contributed by atoms with Crippen molar-refractivity contribution in [3.05, 3.63) is 0 Å². The maximum absolute atomic E-state index is 11.4. The van der Waals surface area contributed by atoms with Crippen molar-refractivity contribution in [2.45, 2.75) is 33.1 Å². The first-order valence-electron chi connectivity index (χ1n) is 5.24. The van der Waals surface area contributed by atoms with Gasteiger partial charge in [0, 0.05) is 0 Å². The standard InChI is InChI=1S/C11H20O4/c1-5-6-7-8(2)9(10(12)14-3)11(13)15-4/h8-9H,5-7H2,1-4H3. The predicted molar refractivity (Wildman–Crippen MR) is 56.2 cm³/mol. The van der Waals surface area contributed by atoms with Gasteiger partial charge in [-0.15, -0.1) is 0 Å². The Balaban J connectivity index is 4.47. The monoisotopic (exact) mass is 216 g/mol. The number of ether oxygens (including phenoxy) is 2. The molecular formula is C11H20O4. The van der Waals surface area contributed by atoms with Gasteiger partial charge in [-0.05, 0) is 12.3 Å². The lowest BCUT2D eigenvalue weighted by Gasteiger charge is -2.19. The summed E-state index contributed by atoms with van der Waals surface area (Å²) in [7, 11) is 2.57. The van der Waals surface area contributed by atoms with E-state index in [0.717, 1.165) is 19.3 Å². The van der Waals surface area contributed by atoms with Crippen LogP contribution < -0.4 is 0 Å². The molecule has 0 aliphatic carbocycles. The average Bonchev–Trinajstić information content (AvgIpc) is 2.25. The third-order valence-corrected chi connectivity index (χ3v) is 2.49. The fourth-order valence-electron chi connectivity index (χ4n) is 1.51. The minimum absolute atomic E-state index is 0.0372. The van der Waals surface area contributed by atoms with E-state index >= 15 is 0 Å². The first-order valence-corrected chi connectivity index (χ1v) is 5.24. The summed E-state index contributed by atoms with van der Waals surface area (Å²) in [6, 6.07) is 0. The van der Waals surface area contributed by atoms with Crippen molar-refractivity contribution in [2.24, 2.45) is 11.8 Å². The largest absolute Gasteiger partial charge is 0.468 e. The van der Waals surface area contributed by atoms with Crippen molar-refractivity contribution < 1.29 is 19.1 Å². The van der Waals surface area contributed by atoms with Gasteiger partial charge in [0.2, 0.25) is 0 Å². The van der Waals surface area contributed by atoms with Crippen molar-refractivity contribution in [3.63, 3.8) is 0 Å². The molecule has 0 aliphatic heterocycles. The number of carbonyl (C=O) groups excluding carboxylic acids is 2. The highest BCUT2D eigenvalue weighted by Gasteiger charge is 2.33. The molecule has 0 aromatic carbocycles. The molecule has 0 amide bonds. The maximum Gasteiger partial charge on any atom is 0.320 e. The molecule has 0 heterocycles. The SMILES string of the molecule is CCCCC(C)C(C(=O)OC)C(=O)OC. The molecule has 1 atom stereocenters. The van der Waals surface area contributed by atoms with E-state index in [9.17, 15) is 9.59 Å². The number of rotatable bonds is 6. The van der Waals surface area contributed by atoms with Crippen molar-refractivity contribution in [1.82, 2.24) is 0 Å². The topological polar surface area (TPSA) is 52.6 Å². The molecular weight excluding hydrogens is 196 g/mol. The van der Waals surface area contributed by atoms with Crippen LogP contribution in [0.2, 0.25) is 0 Å². The lowest BCUT2D eigenvalue weighted by Crippen LogP contribution is -2.32. The highest BCUT2D eigenvalue weighted by atomic mass is 16.5. The van der Waals surface area contributed by atoms with Gasteiger partial charge in [0.25, 0.3) is 0 Å². The smallest absolute Gasteiger partial charge is 0.320 e. The second kappa shape index (κ2) is 7.26. The first-order chi connectivity index (χ1) is 7.08. The van der Waals surface area contributed by atoms with Crippen LogP contribution in [-0.2, 0) is 19.1 Å². The van der Waals surface area contributed by atoms with Crippen LogP contribution in [0.15, 0.2) is 0 Å². The van der Waals surface area contributed by atoms with Crippen molar-refractivity contribution in [1.29, 1.82) is 0 Å². The summed E-state index contributed by atoms with van der Waals surface area (Å²) < 4.78 is 9.19. The molecule has 4 heteroatoms. The second-order valence-electron chi connectivity index (χ2n) is 3.64. The van der Waals surface area contributed by atoms with Crippen molar-refractivity contribution in [2.75, 3.05) is 14.2 Å². The lowest BCUT2D eigenvalue weighted by atomic mass is 9.89. The molecule has 0 bridgehead atoms. The van der Waals surface area contributed by atoms with E-state index in [2.05, 4.69) is 16.4 Å². The summed E-state index contributed by atoms with van der Waals surface area (Å²) in [5, 5.41) is 0. The highest BCUT2D eigenvalue weighted by molar-refractivity contribution is 5.95. The fourth-order valence-corrected chi connectivity index (χ4v) is 1.51. The Morgan fingerprint density at radius 2 is 1.60 bits per heavy atom. The average molecular weight is 216 g/mol. The highest BCUT2D eigenvalue weighted by Crippen LogP contribution is 2.20. The molecule has 0 aliphatic rings. The zero-order valence-electron chi connectivity index (χ0n) is 9.91. The fraction of sp³-hybridized carbons (Fsp3) is 0.818. The number of carbonyl (C=O) groups is 2. The Hall–Kier alpha value is -1.06. The Labute approximate surface area is 90.9 Å². The van der Waals surface area contributed by atoms with Gasteiger partial charge in [-0.1, -0.05) is 26.7 Å². The summed E-state index contributed by atoms with van der Waals surface area (Å²) in [6.07, 6.45) is 2.86. The third kappa shape index (κ3) is 4.32. The van der Waals surface area contributed by atoms with Gasteiger partial charge >= 0.3 is 11.9 Å². The Morgan fingerprint density at radius 3 is 1.93 bits per heavy atom. The molecule has 0 N–H and O–H groups in total. The van der Waals surface area contributed by atoms with Crippen LogP contribution in [0.1, 0.15) is 33.1 Å². The van der Waals surface area contributed by atoms with Crippen LogP contribution in [-0.4, -0.2) is 26.2 Å². The Bertz CT molecular complexity index is 197. The minimum Gasteiger partial charge on any atom is -0.468 e. The van der Waals surface area contributed by atoms with Gasteiger partial charge in [-0.2, -0.15) is 0 Å². The lowest BCUT2D eigenvalue weighted by molar-refractivity contribution is -0.161. The van der Waals surface area contributed by atoms with Crippen LogP contribution in [0.4, 0.5) is 0 Å². The summed E-state index contributed by atoms with van der Waals surface area (Å²) in [5.41, 5.74) is 0. The van der Waals surface area contributed by atoms with Gasteiger partial charge in [0.05, 0.1) is 14.2 Å². The van der Waals surface area contributed by atoms with E-state index in [0.29, 0.717) is 0 Å². The summed E-state index contributed by atoms with van der Waals surface area (Å²) in [4.78, 5) is 22.8. The number of hydrogen-bond donors (Lipinski definition) is 0. The number of unbranched alkanes of at least 4 members (excludes halogenated alkanes) is 1. The molecule has 0 radical (unpaired) electrons. The van der Waals surface area contributed by atoms with Crippen LogP contribution in [0.3, 0.4) is 0 Å². The molecule has 4 nitrogen and oxygen atoms in total. The molecule has 0 fully saturated rings. The van der Waals surface area contributed by atoms with E-state index in [-0.39, 0.29) is 5.92 Å². The normalized spacial score (nSPS) is 12.3. The summed E-state index contributed by atoms with van der Waals surface area (Å²) >= 11 is 0. The molecule has 0 spiro atoms. The van der Waals surface area contributed by atoms with Gasteiger partial charge in [-0.3, -0.25) is 9.59 Å². The van der Waals surface area contributed by atoms with Gasteiger partial charge in [0.1, 0.15) is 0 Å². The number of esters is 2. The molecule has 1 unspecified atom stereocenters. The quantitative estimate of drug-likeness (QED) is 0.501. The van der Waals surface area contributed by atoms with Gasteiger partial charge in [0.15, 0.2) is 5.92 Å². The van der Waals surface area contributed by atoms with Gasteiger partial charge in [-0.25, -0.2) is 0 Å².